The number of aryl methyl sites for hydroxylation is 1. The van der Waals surface area contributed by atoms with Crippen LogP contribution in [0.15, 0.2) is 48.5 Å². The maximum atomic E-state index is 5.70. The van der Waals surface area contributed by atoms with Gasteiger partial charge in [0.15, 0.2) is 0 Å². The zero-order valence-corrected chi connectivity index (χ0v) is 10.8. The molecule has 3 heteroatoms. The summed E-state index contributed by atoms with van der Waals surface area (Å²) in [6.07, 6.45) is 0. The number of nitrogens with two attached hydrogens (primary N) is 1. The molecule has 0 atom stereocenters. The van der Waals surface area contributed by atoms with Crippen molar-refractivity contribution in [3.05, 3.63) is 59.9 Å². The third-order valence-electron chi connectivity index (χ3n) is 3.23. The number of benzene rings is 2. The topological polar surface area (TPSA) is 51.8 Å². The molecule has 2 N–H and O–H groups in total. The van der Waals surface area contributed by atoms with Crippen molar-refractivity contribution in [1.29, 1.82) is 0 Å². The largest absolute Gasteiger partial charge is 0.324 e. The van der Waals surface area contributed by atoms with Crippen LogP contribution in [0.2, 0.25) is 0 Å². The van der Waals surface area contributed by atoms with E-state index in [0.717, 1.165) is 22.2 Å². The lowest BCUT2D eigenvalue weighted by Gasteiger charge is -2.10. The molecule has 0 aliphatic heterocycles. The molecule has 3 nitrogen and oxygen atoms in total. The smallest absolute Gasteiger partial charge is 0.143 e. The van der Waals surface area contributed by atoms with E-state index in [2.05, 4.69) is 35.1 Å². The summed E-state index contributed by atoms with van der Waals surface area (Å²) in [6, 6.07) is 16.3. The molecule has 19 heavy (non-hydrogen) atoms. The van der Waals surface area contributed by atoms with Gasteiger partial charge in [-0.1, -0.05) is 42.5 Å². The van der Waals surface area contributed by atoms with Crippen molar-refractivity contribution in [2.75, 3.05) is 0 Å². The Hall–Kier alpha value is -2.26. The Kier molecular flexibility index (Phi) is 2.97. The molecule has 0 saturated heterocycles. The fraction of sp³-hybridized carbons (Fsp3) is 0.125. The molecule has 0 bridgehead atoms. The Morgan fingerprint density at radius 1 is 0.947 bits per heavy atom. The zero-order valence-electron chi connectivity index (χ0n) is 10.8. The van der Waals surface area contributed by atoms with Gasteiger partial charge in [0.05, 0.1) is 17.8 Å². The molecule has 2 aromatic carbocycles. The normalized spacial score (nSPS) is 10.8. The lowest BCUT2D eigenvalue weighted by molar-refractivity contribution is 0.929. The van der Waals surface area contributed by atoms with Crippen LogP contribution in [0.5, 0.6) is 0 Å². The van der Waals surface area contributed by atoms with Crippen molar-refractivity contribution in [2.45, 2.75) is 13.5 Å². The molecule has 0 spiro atoms. The quantitative estimate of drug-likeness (QED) is 0.759. The Morgan fingerprint density at radius 2 is 1.68 bits per heavy atom. The first-order chi connectivity index (χ1) is 9.29. The number of aromatic nitrogens is 2. The minimum Gasteiger partial charge on any atom is -0.324 e. The maximum absolute atomic E-state index is 5.70. The molecule has 3 aromatic rings. The molecule has 0 saturated carbocycles. The molecular weight excluding hydrogens is 234 g/mol. The maximum Gasteiger partial charge on any atom is 0.143 e. The first kappa shape index (κ1) is 11.8. The SMILES string of the molecule is Cc1ccccc1-c1nc(CN)nc2ccccc12. The number of hydrogen-bond donors (Lipinski definition) is 1. The molecule has 94 valence electrons. The minimum atomic E-state index is 0.351. The first-order valence-electron chi connectivity index (χ1n) is 6.31. The summed E-state index contributed by atoms with van der Waals surface area (Å²) in [6.45, 7) is 2.44. The van der Waals surface area contributed by atoms with Crippen LogP contribution in [0.1, 0.15) is 11.4 Å². The van der Waals surface area contributed by atoms with E-state index in [-0.39, 0.29) is 0 Å². The van der Waals surface area contributed by atoms with E-state index in [1.54, 1.807) is 0 Å². The van der Waals surface area contributed by atoms with Gasteiger partial charge in [-0.15, -0.1) is 0 Å². The fourth-order valence-electron chi connectivity index (χ4n) is 2.26. The van der Waals surface area contributed by atoms with Gasteiger partial charge in [0.25, 0.3) is 0 Å². The van der Waals surface area contributed by atoms with Gasteiger partial charge >= 0.3 is 0 Å². The summed E-state index contributed by atoms with van der Waals surface area (Å²) >= 11 is 0. The number of rotatable bonds is 2. The standard InChI is InChI=1S/C16H15N3/c1-11-6-2-3-7-12(11)16-13-8-4-5-9-14(13)18-15(10-17)19-16/h2-9H,10,17H2,1H3. The third-order valence-corrected chi connectivity index (χ3v) is 3.23. The van der Waals surface area contributed by atoms with E-state index in [0.29, 0.717) is 12.4 Å². The molecule has 1 heterocycles. The number of para-hydroxylation sites is 1. The Labute approximate surface area is 112 Å². The lowest BCUT2D eigenvalue weighted by Crippen LogP contribution is -2.05. The Balaban J connectivity index is 2.36. The average Bonchev–Trinajstić information content (AvgIpc) is 2.46. The van der Waals surface area contributed by atoms with Crippen molar-refractivity contribution in [3.8, 4) is 11.3 Å². The highest BCUT2D eigenvalue weighted by Crippen LogP contribution is 2.28. The zero-order chi connectivity index (χ0) is 13.2. The fourth-order valence-corrected chi connectivity index (χ4v) is 2.26. The highest BCUT2D eigenvalue weighted by Gasteiger charge is 2.10. The highest BCUT2D eigenvalue weighted by atomic mass is 14.9. The van der Waals surface area contributed by atoms with E-state index >= 15 is 0 Å². The van der Waals surface area contributed by atoms with Gasteiger partial charge in [0.1, 0.15) is 5.82 Å². The summed E-state index contributed by atoms with van der Waals surface area (Å²) < 4.78 is 0. The molecule has 0 fully saturated rings. The Morgan fingerprint density at radius 3 is 2.47 bits per heavy atom. The van der Waals surface area contributed by atoms with Crippen LogP contribution in [-0.2, 0) is 6.54 Å². The van der Waals surface area contributed by atoms with Crippen LogP contribution in [0.4, 0.5) is 0 Å². The van der Waals surface area contributed by atoms with E-state index in [9.17, 15) is 0 Å². The summed E-state index contributed by atoms with van der Waals surface area (Å²) in [4.78, 5) is 9.09. The van der Waals surface area contributed by atoms with E-state index in [4.69, 9.17) is 5.73 Å². The molecule has 0 aliphatic rings. The van der Waals surface area contributed by atoms with Gasteiger partial charge < -0.3 is 5.73 Å². The second-order valence-corrected chi connectivity index (χ2v) is 4.52. The number of hydrogen-bond acceptors (Lipinski definition) is 3. The molecular formula is C16H15N3. The monoisotopic (exact) mass is 249 g/mol. The van der Waals surface area contributed by atoms with Crippen LogP contribution < -0.4 is 5.73 Å². The first-order valence-corrected chi connectivity index (χ1v) is 6.31. The third kappa shape index (κ3) is 2.09. The summed E-state index contributed by atoms with van der Waals surface area (Å²) in [5, 5.41) is 1.06. The van der Waals surface area contributed by atoms with Gasteiger partial charge in [0, 0.05) is 10.9 Å². The van der Waals surface area contributed by atoms with Crippen molar-refractivity contribution in [3.63, 3.8) is 0 Å². The Bertz CT molecular complexity index is 735. The van der Waals surface area contributed by atoms with E-state index in [1.807, 2.05) is 30.3 Å². The van der Waals surface area contributed by atoms with Crippen LogP contribution in [0.3, 0.4) is 0 Å². The predicted octanol–water partition coefficient (Wildman–Crippen LogP) is 3.06. The summed E-state index contributed by atoms with van der Waals surface area (Å²) in [5.41, 5.74) is 9.94. The van der Waals surface area contributed by atoms with Crippen LogP contribution in [-0.4, -0.2) is 9.97 Å². The molecule has 3 rings (SSSR count). The van der Waals surface area contributed by atoms with Gasteiger partial charge in [0.2, 0.25) is 0 Å². The summed E-state index contributed by atoms with van der Waals surface area (Å²) in [7, 11) is 0. The van der Waals surface area contributed by atoms with Crippen LogP contribution >= 0.6 is 0 Å². The molecule has 0 amide bonds. The highest BCUT2D eigenvalue weighted by molar-refractivity contribution is 5.92. The molecule has 0 aliphatic carbocycles. The van der Waals surface area contributed by atoms with Crippen molar-refractivity contribution < 1.29 is 0 Å². The van der Waals surface area contributed by atoms with E-state index in [1.165, 1.54) is 5.56 Å². The predicted molar refractivity (Wildman–Crippen MR) is 77.6 cm³/mol. The molecule has 1 aromatic heterocycles. The van der Waals surface area contributed by atoms with Gasteiger partial charge in [-0.3, -0.25) is 0 Å². The van der Waals surface area contributed by atoms with Crippen LogP contribution in [0.25, 0.3) is 22.2 Å². The van der Waals surface area contributed by atoms with Gasteiger partial charge in [-0.05, 0) is 18.6 Å². The second kappa shape index (κ2) is 4.78. The minimum absolute atomic E-state index is 0.351. The van der Waals surface area contributed by atoms with Crippen molar-refractivity contribution >= 4 is 10.9 Å². The molecule has 0 radical (unpaired) electrons. The number of nitrogens with zero attached hydrogens (tertiary/aromatic N) is 2. The summed E-state index contributed by atoms with van der Waals surface area (Å²) in [5.74, 6) is 0.678. The van der Waals surface area contributed by atoms with Gasteiger partial charge in [-0.25, -0.2) is 9.97 Å². The molecule has 0 unspecified atom stereocenters. The van der Waals surface area contributed by atoms with Crippen molar-refractivity contribution in [2.24, 2.45) is 5.73 Å². The van der Waals surface area contributed by atoms with Crippen LogP contribution in [0, 0.1) is 6.92 Å². The lowest BCUT2D eigenvalue weighted by atomic mass is 10.0. The van der Waals surface area contributed by atoms with E-state index < -0.39 is 0 Å². The average molecular weight is 249 g/mol. The second-order valence-electron chi connectivity index (χ2n) is 4.52. The number of fused-ring (bicyclic) bond motifs is 1. The van der Waals surface area contributed by atoms with Crippen molar-refractivity contribution in [1.82, 2.24) is 9.97 Å². The van der Waals surface area contributed by atoms with Gasteiger partial charge in [-0.2, -0.15) is 0 Å².